The molecule has 1 saturated heterocycles. The number of amides is 2. The lowest BCUT2D eigenvalue weighted by Gasteiger charge is -2.40. The van der Waals surface area contributed by atoms with E-state index in [1.165, 1.54) is 6.92 Å². The Balaban J connectivity index is 3.14. The number of hydrogen-bond acceptors (Lipinski definition) is 5. The molecule has 8 heteroatoms. The normalized spacial score (nSPS) is 20.7. The van der Waals surface area contributed by atoms with Crippen molar-refractivity contribution in [1.82, 2.24) is 20.4 Å². The number of nitrogens with zero attached hydrogens (tertiary/aromatic N) is 2. The SMILES string of the molecule is CNC(C(=O)NC(C(=O)N(C)[C@H](/C=C(\C)C(=O)O)C(C)C)C(C)(C)C)C1CCCN(C(C)C)C1. The molecule has 1 fully saturated rings. The zero-order valence-electron chi connectivity index (χ0n) is 22.9. The summed E-state index contributed by atoms with van der Waals surface area (Å²) in [5.41, 5.74) is -0.333. The maximum Gasteiger partial charge on any atom is 0.331 e. The fourth-order valence-electron chi connectivity index (χ4n) is 4.67. The van der Waals surface area contributed by atoms with E-state index < -0.39 is 23.5 Å². The van der Waals surface area contributed by atoms with Crippen molar-refractivity contribution >= 4 is 17.8 Å². The zero-order chi connectivity index (χ0) is 26.4. The smallest absolute Gasteiger partial charge is 0.331 e. The van der Waals surface area contributed by atoms with Gasteiger partial charge in [-0.25, -0.2) is 4.79 Å². The van der Waals surface area contributed by atoms with Crippen LogP contribution in [0.2, 0.25) is 0 Å². The van der Waals surface area contributed by atoms with Crippen LogP contribution in [0.25, 0.3) is 0 Å². The van der Waals surface area contributed by atoms with Crippen LogP contribution in [0.1, 0.15) is 68.2 Å². The molecule has 0 saturated carbocycles. The van der Waals surface area contributed by atoms with Crippen LogP contribution in [-0.4, -0.2) is 84.0 Å². The van der Waals surface area contributed by atoms with Crippen molar-refractivity contribution < 1.29 is 19.5 Å². The second-order valence-corrected chi connectivity index (χ2v) is 11.4. The number of carboxylic acid groups (broad SMARTS) is 1. The van der Waals surface area contributed by atoms with Gasteiger partial charge in [0, 0.05) is 25.2 Å². The van der Waals surface area contributed by atoms with Crippen LogP contribution < -0.4 is 10.6 Å². The first kappa shape index (κ1) is 30.1. The van der Waals surface area contributed by atoms with Crippen LogP contribution in [0, 0.1) is 17.3 Å². The molecule has 0 aromatic carbocycles. The van der Waals surface area contributed by atoms with Crippen molar-refractivity contribution in [3.05, 3.63) is 11.6 Å². The first-order valence-corrected chi connectivity index (χ1v) is 12.5. The molecule has 0 radical (unpaired) electrons. The van der Waals surface area contributed by atoms with E-state index in [0.29, 0.717) is 6.04 Å². The summed E-state index contributed by atoms with van der Waals surface area (Å²) in [6.07, 6.45) is 3.63. The molecule has 8 nitrogen and oxygen atoms in total. The molecule has 3 unspecified atom stereocenters. The van der Waals surface area contributed by atoms with Crippen molar-refractivity contribution in [2.75, 3.05) is 27.2 Å². The monoisotopic (exact) mass is 480 g/mol. The molecule has 0 aliphatic carbocycles. The van der Waals surface area contributed by atoms with Gasteiger partial charge >= 0.3 is 5.97 Å². The molecule has 0 aromatic rings. The third-order valence-corrected chi connectivity index (χ3v) is 6.92. The Morgan fingerprint density at radius 2 is 1.74 bits per heavy atom. The standard InChI is InChI=1S/C26H48N4O4/c1-16(2)20(14-18(5)25(33)34)29(10)24(32)22(26(6,7)8)28-23(31)21(27-9)19-12-11-13-30(15-19)17(3)4/h14,16-17,19-22,27H,11-13,15H2,1-10H3,(H,28,31)(H,33,34)/b18-14+/t19?,20-,21?,22?/m1/s1. The molecular weight excluding hydrogens is 432 g/mol. The fourth-order valence-corrected chi connectivity index (χ4v) is 4.67. The highest BCUT2D eigenvalue weighted by molar-refractivity contribution is 5.91. The highest BCUT2D eigenvalue weighted by Crippen LogP contribution is 2.26. The molecule has 3 N–H and O–H groups in total. The van der Waals surface area contributed by atoms with Crippen molar-refractivity contribution in [3.8, 4) is 0 Å². The van der Waals surface area contributed by atoms with Gasteiger partial charge in [-0.3, -0.25) is 9.59 Å². The van der Waals surface area contributed by atoms with Gasteiger partial charge in [0.15, 0.2) is 0 Å². The van der Waals surface area contributed by atoms with Crippen LogP contribution in [-0.2, 0) is 14.4 Å². The molecule has 1 aliphatic rings. The van der Waals surface area contributed by atoms with Crippen LogP contribution in [0.3, 0.4) is 0 Å². The maximum atomic E-state index is 13.7. The lowest BCUT2D eigenvalue weighted by molar-refractivity contribution is -0.141. The van der Waals surface area contributed by atoms with Crippen LogP contribution in [0.15, 0.2) is 11.6 Å². The van der Waals surface area contributed by atoms with Gasteiger partial charge < -0.3 is 25.5 Å². The minimum absolute atomic E-state index is 0.00822. The van der Waals surface area contributed by atoms with Crippen LogP contribution >= 0.6 is 0 Å². The van der Waals surface area contributed by atoms with E-state index in [-0.39, 0.29) is 35.3 Å². The van der Waals surface area contributed by atoms with Crippen LogP contribution in [0.4, 0.5) is 0 Å². The molecule has 1 rings (SSSR count). The van der Waals surface area contributed by atoms with Gasteiger partial charge in [0.25, 0.3) is 0 Å². The zero-order valence-corrected chi connectivity index (χ0v) is 22.9. The summed E-state index contributed by atoms with van der Waals surface area (Å²) >= 11 is 0. The third-order valence-electron chi connectivity index (χ3n) is 6.92. The predicted octanol–water partition coefficient (Wildman–Crippen LogP) is 2.74. The Morgan fingerprint density at radius 3 is 2.18 bits per heavy atom. The number of likely N-dealkylation sites (N-methyl/N-ethyl adjacent to an activating group) is 2. The highest BCUT2D eigenvalue weighted by Gasteiger charge is 2.40. The summed E-state index contributed by atoms with van der Waals surface area (Å²) in [6, 6.07) is -1.11. The number of rotatable bonds is 10. The molecule has 0 bridgehead atoms. The van der Waals surface area contributed by atoms with E-state index in [9.17, 15) is 19.5 Å². The Hall–Kier alpha value is -1.93. The topological polar surface area (TPSA) is 102 Å². The molecule has 1 aliphatic heterocycles. The number of aliphatic carboxylic acids is 1. The Morgan fingerprint density at radius 1 is 1.15 bits per heavy atom. The Bertz CT molecular complexity index is 742. The van der Waals surface area contributed by atoms with Crippen molar-refractivity contribution in [2.45, 2.75) is 92.4 Å². The molecule has 4 atom stereocenters. The van der Waals surface area contributed by atoms with E-state index >= 15 is 0 Å². The lowest BCUT2D eigenvalue weighted by Crippen LogP contribution is -2.61. The molecule has 34 heavy (non-hydrogen) atoms. The number of piperidine rings is 1. The van der Waals surface area contributed by atoms with E-state index in [1.807, 2.05) is 34.6 Å². The third kappa shape index (κ3) is 8.08. The van der Waals surface area contributed by atoms with Gasteiger partial charge in [-0.1, -0.05) is 40.7 Å². The second kappa shape index (κ2) is 12.7. The minimum atomic E-state index is -1.01. The largest absolute Gasteiger partial charge is 0.478 e. The number of carbonyl (C=O) groups is 3. The van der Waals surface area contributed by atoms with Crippen molar-refractivity contribution in [1.29, 1.82) is 0 Å². The summed E-state index contributed by atoms with van der Waals surface area (Å²) in [6.45, 7) is 17.5. The quantitative estimate of drug-likeness (QED) is 0.416. The molecule has 1 heterocycles. The Labute approximate surface area is 206 Å². The molecule has 0 spiro atoms. The van der Waals surface area contributed by atoms with Crippen molar-refractivity contribution in [2.24, 2.45) is 17.3 Å². The molecule has 196 valence electrons. The average molecular weight is 481 g/mol. The minimum Gasteiger partial charge on any atom is -0.478 e. The molecule has 2 amide bonds. The van der Waals surface area contributed by atoms with Gasteiger partial charge in [-0.15, -0.1) is 0 Å². The van der Waals surface area contributed by atoms with E-state index in [0.717, 1.165) is 25.9 Å². The average Bonchev–Trinajstić information content (AvgIpc) is 2.74. The summed E-state index contributed by atoms with van der Waals surface area (Å²) < 4.78 is 0. The van der Waals surface area contributed by atoms with E-state index in [4.69, 9.17) is 0 Å². The maximum absolute atomic E-state index is 13.7. The number of likely N-dealkylation sites (tertiary alicyclic amines) is 1. The summed E-state index contributed by atoms with van der Waals surface area (Å²) in [5.74, 6) is -1.23. The highest BCUT2D eigenvalue weighted by atomic mass is 16.4. The number of nitrogens with one attached hydrogen (secondary N) is 2. The summed E-state index contributed by atoms with van der Waals surface area (Å²) in [4.78, 5) is 42.5. The first-order chi connectivity index (χ1) is 15.6. The van der Waals surface area contributed by atoms with E-state index in [1.54, 1.807) is 25.1 Å². The lowest BCUT2D eigenvalue weighted by atomic mass is 9.84. The van der Waals surface area contributed by atoms with Gasteiger partial charge in [-0.2, -0.15) is 0 Å². The first-order valence-electron chi connectivity index (χ1n) is 12.5. The van der Waals surface area contributed by atoms with Crippen LogP contribution in [0.5, 0.6) is 0 Å². The van der Waals surface area contributed by atoms with Crippen molar-refractivity contribution in [3.63, 3.8) is 0 Å². The number of carboxylic acids is 1. The number of carbonyl (C=O) groups excluding carboxylic acids is 2. The van der Waals surface area contributed by atoms with E-state index in [2.05, 4.69) is 29.4 Å². The van der Waals surface area contributed by atoms with Gasteiger partial charge in [0.2, 0.25) is 11.8 Å². The molecular formula is C26H48N4O4. The van der Waals surface area contributed by atoms with Gasteiger partial charge in [0.1, 0.15) is 6.04 Å². The second-order valence-electron chi connectivity index (χ2n) is 11.4. The predicted molar refractivity (Wildman–Crippen MR) is 136 cm³/mol. The fraction of sp³-hybridized carbons (Fsp3) is 0.808. The van der Waals surface area contributed by atoms with Gasteiger partial charge in [0.05, 0.1) is 12.1 Å². The number of hydrogen-bond donors (Lipinski definition) is 3. The van der Waals surface area contributed by atoms with Gasteiger partial charge in [-0.05, 0) is 64.5 Å². The summed E-state index contributed by atoms with van der Waals surface area (Å²) in [5, 5.41) is 15.6. The Kier molecular flexibility index (Phi) is 11.2. The molecule has 0 aromatic heterocycles. The summed E-state index contributed by atoms with van der Waals surface area (Å²) in [7, 11) is 3.48.